The summed E-state index contributed by atoms with van der Waals surface area (Å²) >= 11 is 0. The van der Waals surface area contributed by atoms with Crippen molar-refractivity contribution >= 4 is 11.9 Å². The quantitative estimate of drug-likeness (QED) is 0.486. The number of halogens is 6. The van der Waals surface area contributed by atoms with Crippen molar-refractivity contribution in [1.29, 1.82) is 0 Å². The van der Waals surface area contributed by atoms with E-state index in [2.05, 4.69) is 26.7 Å². The van der Waals surface area contributed by atoms with Crippen LogP contribution in [0.15, 0.2) is 6.33 Å². The number of imidazole rings is 1. The standard InChI is InChI=1S/C16H28N4O2.2C2HF3O2/c1-14-15(18-13-17-14)11-19-5-3-16(4-6-19)12-22-10-8-20(16)7-9-21-2;2*3-2(4,5)1(6)7/h13H,3-12H2,1-2H3,(H,17,18);2*(H,6,7). The Hall–Kier alpha value is -2.43. The number of aryl methyl sites for hydroxylation is 1. The third-order valence-corrected chi connectivity index (χ3v) is 5.69. The first-order chi connectivity index (χ1) is 16.6. The number of carboxylic acids is 2. The average Bonchev–Trinajstić information content (AvgIpc) is 3.19. The lowest BCUT2D eigenvalue weighted by Gasteiger charge is -2.51. The molecule has 0 aromatic carbocycles. The van der Waals surface area contributed by atoms with Gasteiger partial charge in [0.05, 0.1) is 31.8 Å². The second kappa shape index (κ2) is 13.8. The van der Waals surface area contributed by atoms with Crippen LogP contribution in [0.1, 0.15) is 24.2 Å². The molecule has 0 unspecified atom stereocenters. The van der Waals surface area contributed by atoms with Crippen molar-refractivity contribution in [1.82, 2.24) is 19.8 Å². The molecule has 16 heteroatoms. The predicted octanol–water partition coefficient (Wildman–Crippen LogP) is 2.30. The molecular formula is C20H30F6N4O6. The van der Waals surface area contributed by atoms with Crippen LogP contribution in [-0.2, 0) is 25.6 Å². The molecule has 3 heterocycles. The number of carbonyl (C=O) groups is 2. The molecule has 0 amide bonds. The van der Waals surface area contributed by atoms with Crippen molar-refractivity contribution in [2.75, 3.05) is 53.1 Å². The molecular weight excluding hydrogens is 506 g/mol. The number of rotatable bonds is 5. The highest BCUT2D eigenvalue weighted by molar-refractivity contribution is 5.73. The molecule has 0 radical (unpaired) electrons. The first-order valence-electron chi connectivity index (χ1n) is 10.8. The van der Waals surface area contributed by atoms with E-state index in [9.17, 15) is 26.3 Å². The zero-order valence-electron chi connectivity index (χ0n) is 19.8. The fraction of sp³-hybridized carbons (Fsp3) is 0.750. The van der Waals surface area contributed by atoms with Gasteiger partial charge in [0.1, 0.15) is 0 Å². The van der Waals surface area contributed by atoms with Gasteiger partial charge in [0.15, 0.2) is 0 Å². The van der Waals surface area contributed by atoms with Crippen LogP contribution < -0.4 is 0 Å². The van der Waals surface area contributed by atoms with Crippen LogP contribution in [0.5, 0.6) is 0 Å². The molecule has 2 aliphatic rings. The minimum atomic E-state index is -5.08. The van der Waals surface area contributed by atoms with E-state index < -0.39 is 24.3 Å². The van der Waals surface area contributed by atoms with E-state index >= 15 is 0 Å². The van der Waals surface area contributed by atoms with Crippen molar-refractivity contribution in [3.8, 4) is 0 Å². The summed E-state index contributed by atoms with van der Waals surface area (Å²) in [5, 5.41) is 14.2. The second-order valence-corrected chi connectivity index (χ2v) is 8.11. The molecule has 3 rings (SSSR count). The fourth-order valence-electron chi connectivity index (χ4n) is 3.66. The van der Waals surface area contributed by atoms with Crippen LogP contribution in [-0.4, -0.2) is 113 Å². The Bertz CT molecular complexity index is 800. The molecule has 1 spiro atoms. The molecule has 0 aliphatic carbocycles. The summed E-state index contributed by atoms with van der Waals surface area (Å²) in [6, 6.07) is 0. The first kappa shape index (κ1) is 31.6. The zero-order chi connectivity index (χ0) is 27.6. The molecule has 0 bridgehead atoms. The molecule has 1 aromatic rings. The third kappa shape index (κ3) is 10.3. The Kier molecular flexibility index (Phi) is 12.1. The third-order valence-electron chi connectivity index (χ3n) is 5.69. The van der Waals surface area contributed by atoms with Crippen LogP contribution in [0.3, 0.4) is 0 Å². The van der Waals surface area contributed by atoms with E-state index in [0.29, 0.717) is 0 Å². The van der Waals surface area contributed by atoms with Crippen LogP contribution in [0.25, 0.3) is 0 Å². The van der Waals surface area contributed by atoms with Crippen molar-refractivity contribution in [2.24, 2.45) is 0 Å². The summed E-state index contributed by atoms with van der Waals surface area (Å²) in [4.78, 5) is 30.5. The molecule has 10 nitrogen and oxygen atoms in total. The van der Waals surface area contributed by atoms with Gasteiger partial charge in [0.2, 0.25) is 0 Å². The average molecular weight is 536 g/mol. The summed E-state index contributed by atoms with van der Waals surface area (Å²) in [5.41, 5.74) is 2.57. The van der Waals surface area contributed by atoms with E-state index in [-0.39, 0.29) is 5.54 Å². The number of aliphatic carboxylic acids is 2. The molecule has 1 aromatic heterocycles. The van der Waals surface area contributed by atoms with Gasteiger partial charge in [0.25, 0.3) is 0 Å². The number of alkyl halides is 6. The first-order valence-corrected chi connectivity index (χ1v) is 10.8. The van der Waals surface area contributed by atoms with Gasteiger partial charge in [0, 0.05) is 51.1 Å². The Morgan fingerprint density at radius 1 is 1.11 bits per heavy atom. The van der Waals surface area contributed by atoms with E-state index in [1.54, 1.807) is 13.4 Å². The highest BCUT2D eigenvalue weighted by atomic mass is 19.4. The van der Waals surface area contributed by atoms with Crippen molar-refractivity contribution in [3.05, 3.63) is 17.7 Å². The van der Waals surface area contributed by atoms with Gasteiger partial charge in [-0.2, -0.15) is 26.3 Å². The number of aromatic amines is 1. The maximum Gasteiger partial charge on any atom is 0.490 e. The number of morpholine rings is 1. The van der Waals surface area contributed by atoms with Crippen molar-refractivity contribution in [3.63, 3.8) is 0 Å². The van der Waals surface area contributed by atoms with E-state index in [4.69, 9.17) is 29.3 Å². The van der Waals surface area contributed by atoms with Crippen LogP contribution in [0.4, 0.5) is 26.3 Å². The minimum Gasteiger partial charge on any atom is -0.475 e. The number of aromatic nitrogens is 2. The summed E-state index contributed by atoms with van der Waals surface area (Å²) in [5.74, 6) is -5.51. The van der Waals surface area contributed by atoms with Gasteiger partial charge in [-0.1, -0.05) is 0 Å². The molecule has 2 aliphatic heterocycles. The van der Waals surface area contributed by atoms with Gasteiger partial charge in [-0.05, 0) is 19.8 Å². The maximum absolute atomic E-state index is 10.6. The topological polar surface area (TPSA) is 128 Å². The summed E-state index contributed by atoms with van der Waals surface area (Å²) < 4.78 is 74.6. The summed E-state index contributed by atoms with van der Waals surface area (Å²) in [7, 11) is 1.78. The van der Waals surface area contributed by atoms with Gasteiger partial charge < -0.3 is 24.7 Å². The Morgan fingerprint density at radius 2 is 1.64 bits per heavy atom. The maximum atomic E-state index is 10.6. The minimum absolute atomic E-state index is 0.216. The van der Waals surface area contributed by atoms with Gasteiger partial charge in [-0.25, -0.2) is 14.6 Å². The van der Waals surface area contributed by atoms with E-state index in [1.807, 2.05) is 0 Å². The van der Waals surface area contributed by atoms with Crippen LogP contribution >= 0.6 is 0 Å². The smallest absolute Gasteiger partial charge is 0.475 e. The molecule has 0 saturated carbocycles. The SMILES string of the molecule is COCCN1CCOCC12CCN(Cc1nc[nH]c1C)CC2.O=C(O)C(F)(F)F.O=C(O)C(F)(F)F. The second-order valence-electron chi connectivity index (χ2n) is 8.11. The summed E-state index contributed by atoms with van der Waals surface area (Å²) in [6.45, 7) is 9.82. The lowest BCUT2D eigenvalue weighted by Crippen LogP contribution is -2.61. The number of nitrogens with zero attached hydrogens (tertiary/aromatic N) is 3. The molecule has 2 saturated heterocycles. The zero-order valence-corrected chi connectivity index (χ0v) is 19.8. The molecule has 2 fully saturated rings. The van der Waals surface area contributed by atoms with Crippen molar-refractivity contribution < 1.29 is 55.6 Å². The number of ether oxygens (including phenoxy) is 2. The van der Waals surface area contributed by atoms with E-state index in [1.165, 1.54) is 24.2 Å². The van der Waals surface area contributed by atoms with Gasteiger partial charge in [-0.3, -0.25) is 9.80 Å². The van der Waals surface area contributed by atoms with Crippen LogP contribution in [0.2, 0.25) is 0 Å². The molecule has 208 valence electrons. The number of nitrogens with one attached hydrogen (secondary N) is 1. The van der Waals surface area contributed by atoms with Crippen molar-refractivity contribution in [2.45, 2.75) is 44.2 Å². The number of hydrogen-bond acceptors (Lipinski definition) is 7. The Morgan fingerprint density at radius 3 is 2.06 bits per heavy atom. The van der Waals surface area contributed by atoms with Gasteiger partial charge >= 0.3 is 24.3 Å². The van der Waals surface area contributed by atoms with Crippen LogP contribution in [0, 0.1) is 6.92 Å². The molecule has 3 N–H and O–H groups in total. The number of carboxylic acid groups (broad SMARTS) is 2. The molecule has 36 heavy (non-hydrogen) atoms. The summed E-state index contributed by atoms with van der Waals surface area (Å²) in [6.07, 6.45) is -6.04. The highest BCUT2D eigenvalue weighted by Crippen LogP contribution is 2.32. The largest absolute Gasteiger partial charge is 0.490 e. The number of hydrogen-bond donors (Lipinski definition) is 3. The lowest BCUT2D eigenvalue weighted by atomic mass is 9.85. The van der Waals surface area contributed by atoms with Gasteiger partial charge in [-0.15, -0.1) is 0 Å². The fourth-order valence-corrected chi connectivity index (χ4v) is 3.66. The highest BCUT2D eigenvalue weighted by Gasteiger charge is 2.42. The number of H-pyrrole nitrogens is 1. The number of likely N-dealkylation sites (tertiary alicyclic amines) is 1. The lowest BCUT2D eigenvalue weighted by molar-refractivity contribution is -0.193. The number of methoxy groups -OCH3 is 1. The Balaban J connectivity index is 0.000000383. The predicted molar refractivity (Wildman–Crippen MR) is 112 cm³/mol. The molecule has 0 atom stereocenters. The normalized spacial score (nSPS) is 18.6. The number of piperidine rings is 1. The Labute approximate surface area is 203 Å². The van der Waals surface area contributed by atoms with E-state index in [0.717, 1.165) is 52.5 Å². The monoisotopic (exact) mass is 536 g/mol.